The van der Waals surface area contributed by atoms with Crippen molar-refractivity contribution >= 4 is 11.9 Å². The Kier molecular flexibility index (Phi) is 5.62. The van der Waals surface area contributed by atoms with Crippen molar-refractivity contribution in [3.63, 3.8) is 0 Å². The van der Waals surface area contributed by atoms with E-state index >= 15 is 0 Å². The molecule has 7 heteroatoms. The number of phenolic OH excluding ortho intramolecular Hbond substituents is 2. The maximum Gasteiger partial charge on any atom is 0.342 e. The van der Waals surface area contributed by atoms with E-state index in [0.717, 1.165) is 11.6 Å². The highest BCUT2D eigenvalue weighted by atomic mass is 16.5. The summed E-state index contributed by atoms with van der Waals surface area (Å²) in [7, 11) is 1.55. The van der Waals surface area contributed by atoms with E-state index in [9.17, 15) is 14.7 Å². The van der Waals surface area contributed by atoms with Crippen LogP contribution in [-0.4, -0.2) is 35.8 Å². The minimum absolute atomic E-state index is 0.131. The summed E-state index contributed by atoms with van der Waals surface area (Å²) in [6.45, 7) is -0.221. The fourth-order valence-corrected chi connectivity index (χ4v) is 1.94. The molecule has 0 bridgehead atoms. The van der Waals surface area contributed by atoms with Gasteiger partial charge >= 0.3 is 5.97 Å². The van der Waals surface area contributed by atoms with E-state index in [-0.39, 0.29) is 17.9 Å². The molecule has 2 aromatic rings. The molecule has 0 spiro atoms. The Hall–Kier alpha value is -3.22. The number of nitrogens with one attached hydrogen (secondary N) is 1. The Morgan fingerprint density at radius 1 is 1.12 bits per heavy atom. The van der Waals surface area contributed by atoms with Gasteiger partial charge in [0, 0.05) is 12.6 Å². The molecular formula is C17H17NO6. The molecule has 2 rings (SSSR count). The van der Waals surface area contributed by atoms with Crippen molar-refractivity contribution in [2.75, 3.05) is 13.7 Å². The lowest BCUT2D eigenvalue weighted by Crippen LogP contribution is -2.28. The van der Waals surface area contributed by atoms with E-state index in [2.05, 4.69) is 5.32 Å². The summed E-state index contributed by atoms with van der Waals surface area (Å²) in [5, 5.41) is 21.3. The second-order valence-corrected chi connectivity index (χ2v) is 4.91. The molecule has 0 aromatic heterocycles. The SMILES string of the molecule is COc1cccc(CNC(=O)COC(=O)c2ccc(O)cc2O)c1. The summed E-state index contributed by atoms with van der Waals surface area (Å²) < 4.78 is 9.91. The van der Waals surface area contributed by atoms with Gasteiger partial charge in [0.05, 0.1) is 7.11 Å². The Balaban J connectivity index is 1.83. The van der Waals surface area contributed by atoms with Crippen molar-refractivity contribution in [3.05, 3.63) is 53.6 Å². The van der Waals surface area contributed by atoms with Crippen molar-refractivity contribution in [2.45, 2.75) is 6.54 Å². The third kappa shape index (κ3) is 4.64. The average molecular weight is 331 g/mol. The lowest BCUT2D eigenvalue weighted by molar-refractivity contribution is -0.124. The van der Waals surface area contributed by atoms with Crippen molar-refractivity contribution < 1.29 is 29.3 Å². The Bertz CT molecular complexity index is 744. The van der Waals surface area contributed by atoms with E-state index in [1.54, 1.807) is 25.3 Å². The van der Waals surface area contributed by atoms with Gasteiger partial charge in [-0.25, -0.2) is 4.79 Å². The van der Waals surface area contributed by atoms with Gasteiger partial charge in [-0.05, 0) is 29.8 Å². The molecular weight excluding hydrogens is 314 g/mol. The minimum atomic E-state index is -0.857. The number of esters is 1. The zero-order valence-corrected chi connectivity index (χ0v) is 13.0. The number of benzene rings is 2. The lowest BCUT2D eigenvalue weighted by Gasteiger charge is -2.08. The molecule has 2 aromatic carbocycles. The third-order valence-electron chi connectivity index (χ3n) is 3.16. The van der Waals surface area contributed by atoms with Crippen LogP contribution in [0.15, 0.2) is 42.5 Å². The number of hydrogen-bond acceptors (Lipinski definition) is 6. The van der Waals surface area contributed by atoms with Crippen molar-refractivity contribution in [3.8, 4) is 17.2 Å². The van der Waals surface area contributed by atoms with Crippen LogP contribution in [0.25, 0.3) is 0 Å². The van der Waals surface area contributed by atoms with Gasteiger partial charge in [-0.1, -0.05) is 12.1 Å². The molecule has 1 amide bonds. The summed E-state index contributed by atoms with van der Waals surface area (Å²) in [4.78, 5) is 23.5. The van der Waals surface area contributed by atoms with Crippen LogP contribution < -0.4 is 10.1 Å². The molecule has 0 heterocycles. The van der Waals surface area contributed by atoms with Crippen LogP contribution in [0.3, 0.4) is 0 Å². The highest BCUT2D eigenvalue weighted by Gasteiger charge is 2.14. The van der Waals surface area contributed by atoms with Crippen molar-refractivity contribution in [1.29, 1.82) is 0 Å². The second kappa shape index (κ2) is 7.87. The van der Waals surface area contributed by atoms with Gasteiger partial charge in [0.2, 0.25) is 0 Å². The van der Waals surface area contributed by atoms with Gasteiger partial charge in [0.15, 0.2) is 6.61 Å². The molecule has 126 valence electrons. The predicted octanol–water partition coefficient (Wildman–Crippen LogP) is 1.58. The van der Waals surface area contributed by atoms with Crippen molar-refractivity contribution in [1.82, 2.24) is 5.32 Å². The van der Waals surface area contributed by atoms with Gasteiger partial charge in [-0.3, -0.25) is 4.79 Å². The molecule has 0 radical (unpaired) electrons. The Labute approximate surface area is 138 Å². The quantitative estimate of drug-likeness (QED) is 0.694. The summed E-state index contributed by atoms with van der Waals surface area (Å²) >= 11 is 0. The van der Waals surface area contributed by atoms with Gasteiger partial charge in [-0.15, -0.1) is 0 Å². The fraction of sp³-hybridized carbons (Fsp3) is 0.176. The van der Waals surface area contributed by atoms with Crippen LogP contribution in [0, 0.1) is 0 Å². The number of phenols is 2. The summed E-state index contributed by atoms with van der Waals surface area (Å²) in [5.41, 5.74) is 0.707. The van der Waals surface area contributed by atoms with E-state index in [4.69, 9.17) is 14.6 Å². The van der Waals surface area contributed by atoms with Gasteiger partial charge in [0.1, 0.15) is 22.8 Å². The van der Waals surface area contributed by atoms with Crippen LogP contribution in [0.2, 0.25) is 0 Å². The zero-order chi connectivity index (χ0) is 17.5. The minimum Gasteiger partial charge on any atom is -0.508 e. The van der Waals surface area contributed by atoms with Gasteiger partial charge < -0.3 is 25.0 Å². The number of aromatic hydroxyl groups is 2. The number of carbonyl (C=O) groups is 2. The van der Waals surface area contributed by atoms with E-state index in [0.29, 0.717) is 5.75 Å². The van der Waals surface area contributed by atoms with E-state index in [1.807, 2.05) is 6.07 Å². The summed E-state index contributed by atoms with van der Waals surface area (Å²) in [6.07, 6.45) is 0. The van der Waals surface area contributed by atoms with Crippen LogP contribution in [-0.2, 0) is 16.1 Å². The standard InChI is InChI=1S/C17H17NO6/c1-23-13-4-2-3-11(7-13)9-18-16(21)10-24-17(22)14-6-5-12(19)8-15(14)20/h2-8,19-20H,9-10H2,1H3,(H,18,21). The maximum absolute atomic E-state index is 11.8. The van der Waals surface area contributed by atoms with Crippen LogP contribution >= 0.6 is 0 Å². The Morgan fingerprint density at radius 3 is 2.62 bits per heavy atom. The maximum atomic E-state index is 11.8. The molecule has 7 nitrogen and oxygen atoms in total. The monoisotopic (exact) mass is 331 g/mol. The van der Waals surface area contributed by atoms with Crippen LogP contribution in [0.5, 0.6) is 17.2 Å². The van der Waals surface area contributed by atoms with Gasteiger partial charge in [0.25, 0.3) is 5.91 Å². The molecule has 0 atom stereocenters. The number of carbonyl (C=O) groups excluding carboxylic acids is 2. The van der Waals surface area contributed by atoms with Crippen LogP contribution in [0.4, 0.5) is 0 Å². The molecule has 24 heavy (non-hydrogen) atoms. The fourth-order valence-electron chi connectivity index (χ4n) is 1.94. The third-order valence-corrected chi connectivity index (χ3v) is 3.16. The Morgan fingerprint density at radius 2 is 1.92 bits per heavy atom. The highest BCUT2D eigenvalue weighted by Crippen LogP contribution is 2.23. The van der Waals surface area contributed by atoms with E-state index in [1.165, 1.54) is 12.1 Å². The molecule has 0 aliphatic carbocycles. The number of ether oxygens (including phenoxy) is 2. The average Bonchev–Trinajstić information content (AvgIpc) is 2.58. The molecule has 0 aliphatic heterocycles. The lowest BCUT2D eigenvalue weighted by atomic mass is 10.2. The van der Waals surface area contributed by atoms with Crippen molar-refractivity contribution in [2.24, 2.45) is 0 Å². The molecule has 0 saturated heterocycles. The number of rotatable bonds is 6. The molecule has 0 unspecified atom stereocenters. The zero-order valence-electron chi connectivity index (χ0n) is 13.0. The number of methoxy groups -OCH3 is 1. The topological polar surface area (TPSA) is 105 Å². The van der Waals surface area contributed by atoms with E-state index < -0.39 is 24.2 Å². The summed E-state index contributed by atoms with van der Waals surface area (Å²) in [5.74, 6) is -1.26. The number of amides is 1. The van der Waals surface area contributed by atoms with Crippen LogP contribution in [0.1, 0.15) is 15.9 Å². The first kappa shape index (κ1) is 17.1. The molecule has 0 fully saturated rings. The molecule has 0 aliphatic rings. The number of hydrogen-bond donors (Lipinski definition) is 3. The predicted molar refractivity (Wildman–Crippen MR) is 84.9 cm³/mol. The second-order valence-electron chi connectivity index (χ2n) is 4.91. The molecule has 0 saturated carbocycles. The van der Waals surface area contributed by atoms with Gasteiger partial charge in [-0.2, -0.15) is 0 Å². The smallest absolute Gasteiger partial charge is 0.342 e. The first-order valence-electron chi connectivity index (χ1n) is 7.08. The first-order valence-corrected chi connectivity index (χ1v) is 7.08. The first-order chi connectivity index (χ1) is 11.5. The molecule has 3 N–H and O–H groups in total. The highest BCUT2D eigenvalue weighted by molar-refractivity contribution is 5.94. The normalized spacial score (nSPS) is 10.0. The largest absolute Gasteiger partial charge is 0.508 e. The summed E-state index contributed by atoms with van der Waals surface area (Å²) in [6, 6.07) is 10.6.